The van der Waals surface area contributed by atoms with Crippen molar-refractivity contribution in [1.29, 1.82) is 0 Å². The summed E-state index contributed by atoms with van der Waals surface area (Å²) in [5, 5.41) is 3.44. The van der Waals surface area contributed by atoms with Gasteiger partial charge in [-0.3, -0.25) is 4.99 Å². The zero-order valence-electron chi connectivity index (χ0n) is 13.7. The van der Waals surface area contributed by atoms with Crippen LogP contribution in [0, 0.1) is 5.92 Å². The van der Waals surface area contributed by atoms with Crippen LogP contribution in [0.4, 0.5) is 0 Å². The van der Waals surface area contributed by atoms with Crippen LogP contribution in [0.3, 0.4) is 0 Å². The quantitative estimate of drug-likeness (QED) is 0.693. The fraction of sp³-hybridized carbons (Fsp3) is 0.833. The van der Waals surface area contributed by atoms with E-state index in [1.807, 2.05) is 0 Å². The molecule has 0 amide bonds. The van der Waals surface area contributed by atoms with Gasteiger partial charge in [-0.05, 0) is 38.5 Å². The highest BCUT2D eigenvalue weighted by atomic mass is 14.9. The minimum Gasteiger partial charge on any atom is -0.389 e. The van der Waals surface area contributed by atoms with E-state index in [4.69, 9.17) is 10.7 Å². The number of nitrogens with two attached hydrogens (primary N) is 1. The van der Waals surface area contributed by atoms with E-state index in [-0.39, 0.29) is 0 Å². The Morgan fingerprint density at radius 3 is 2.86 bits per heavy atom. The van der Waals surface area contributed by atoms with Crippen molar-refractivity contribution in [1.82, 2.24) is 5.32 Å². The Balaban J connectivity index is 1.80. The van der Waals surface area contributed by atoms with Crippen molar-refractivity contribution >= 4 is 5.71 Å². The highest BCUT2D eigenvalue weighted by Crippen LogP contribution is 2.26. The number of nitrogens with zero attached hydrogens (tertiary/aromatic N) is 1. The molecule has 2 rings (SSSR count). The molecule has 1 aliphatic heterocycles. The Bertz CT molecular complexity index is 359. The molecule has 1 saturated carbocycles. The van der Waals surface area contributed by atoms with Crippen molar-refractivity contribution in [3.8, 4) is 0 Å². The van der Waals surface area contributed by atoms with Crippen molar-refractivity contribution in [2.75, 3.05) is 6.54 Å². The van der Waals surface area contributed by atoms with E-state index < -0.39 is 0 Å². The molecule has 0 aromatic carbocycles. The monoisotopic (exact) mass is 291 g/mol. The molecule has 1 fully saturated rings. The lowest BCUT2D eigenvalue weighted by molar-refractivity contribution is 0.437. The third kappa shape index (κ3) is 5.82. The number of fused-ring (bicyclic) bond motifs is 1. The van der Waals surface area contributed by atoms with Gasteiger partial charge in [-0.25, -0.2) is 0 Å². The topological polar surface area (TPSA) is 50.4 Å². The molecule has 0 saturated heterocycles. The second-order valence-corrected chi connectivity index (χ2v) is 6.73. The number of aliphatic imine (C=N–C) groups is 1. The molecule has 3 heteroatoms. The van der Waals surface area contributed by atoms with Crippen LogP contribution >= 0.6 is 0 Å². The molecule has 2 aliphatic rings. The van der Waals surface area contributed by atoms with Crippen molar-refractivity contribution in [3.63, 3.8) is 0 Å². The number of unbranched alkanes of at least 4 members (excludes halogenated alkanes) is 5. The van der Waals surface area contributed by atoms with Crippen LogP contribution in [0.15, 0.2) is 16.9 Å². The van der Waals surface area contributed by atoms with Crippen LogP contribution in [0.5, 0.6) is 0 Å². The molecular weight excluding hydrogens is 258 g/mol. The summed E-state index contributed by atoms with van der Waals surface area (Å²) in [6.45, 7) is 3.34. The summed E-state index contributed by atoms with van der Waals surface area (Å²) in [6, 6.07) is 0.388. The predicted molar refractivity (Wildman–Crippen MR) is 91.4 cm³/mol. The van der Waals surface area contributed by atoms with E-state index in [9.17, 15) is 0 Å². The van der Waals surface area contributed by atoms with Crippen molar-refractivity contribution in [2.24, 2.45) is 16.6 Å². The van der Waals surface area contributed by atoms with Gasteiger partial charge in [0.15, 0.2) is 0 Å². The average molecular weight is 291 g/mol. The lowest BCUT2D eigenvalue weighted by Gasteiger charge is -2.30. The average Bonchev–Trinajstić information content (AvgIpc) is 2.46. The number of rotatable bonds is 7. The van der Waals surface area contributed by atoms with E-state index >= 15 is 0 Å². The van der Waals surface area contributed by atoms with Crippen LogP contribution in [-0.2, 0) is 0 Å². The molecule has 21 heavy (non-hydrogen) atoms. The second kappa shape index (κ2) is 9.24. The first-order valence-electron chi connectivity index (χ1n) is 9.05. The van der Waals surface area contributed by atoms with Crippen LogP contribution in [0.2, 0.25) is 0 Å². The van der Waals surface area contributed by atoms with Gasteiger partial charge in [-0.15, -0.1) is 0 Å². The SMILES string of the molecule is CCCCCCCCC1=CNCCC2CC(N)CCC2=N1. The Hall–Kier alpha value is -0.830. The Kier molecular flexibility index (Phi) is 7.28. The maximum absolute atomic E-state index is 6.11. The minimum absolute atomic E-state index is 0.388. The predicted octanol–water partition coefficient (Wildman–Crippen LogP) is 4.14. The number of allylic oxidation sites excluding steroid dienone is 1. The molecule has 0 aromatic heterocycles. The van der Waals surface area contributed by atoms with E-state index in [0.29, 0.717) is 12.0 Å². The molecule has 0 spiro atoms. The van der Waals surface area contributed by atoms with Crippen LogP contribution in [0.1, 0.15) is 77.6 Å². The smallest absolute Gasteiger partial charge is 0.0559 e. The molecule has 3 nitrogen and oxygen atoms in total. The summed E-state index contributed by atoms with van der Waals surface area (Å²) in [5.74, 6) is 0.620. The minimum atomic E-state index is 0.388. The highest BCUT2D eigenvalue weighted by Gasteiger charge is 2.25. The lowest BCUT2D eigenvalue weighted by Crippen LogP contribution is -2.35. The number of hydrogen-bond acceptors (Lipinski definition) is 3. The summed E-state index contributed by atoms with van der Waals surface area (Å²) in [7, 11) is 0. The number of hydrogen-bond donors (Lipinski definition) is 2. The van der Waals surface area contributed by atoms with E-state index in [2.05, 4.69) is 18.4 Å². The normalized spacial score (nSPS) is 26.0. The second-order valence-electron chi connectivity index (χ2n) is 6.73. The molecule has 2 atom stereocenters. The zero-order chi connectivity index (χ0) is 14.9. The van der Waals surface area contributed by atoms with E-state index in [1.54, 1.807) is 0 Å². The van der Waals surface area contributed by atoms with Crippen LogP contribution in [-0.4, -0.2) is 18.3 Å². The summed E-state index contributed by atoms with van der Waals surface area (Å²) in [5.41, 5.74) is 8.81. The van der Waals surface area contributed by atoms with Crippen molar-refractivity contribution in [3.05, 3.63) is 11.9 Å². The molecule has 2 unspecified atom stereocenters. The Morgan fingerprint density at radius 1 is 1.19 bits per heavy atom. The largest absolute Gasteiger partial charge is 0.389 e. The first kappa shape index (κ1) is 16.5. The summed E-state index contributed by atoms with van der Waals surface area (Å²) in [6.07, 6.45) is 15.9. The third-order valence-electron chi connectivity index (χ3n) is 4.81. The molecule has 1 heterocycles. The van der Waals surface area contributed by atoms with Crippen molar-refractivity contribution < 1.29 is 0 Å². The van der Waals surface area contributed by atoms with E-state index in [1.165, 1.54) is 56.4 Å². The van der Waals surface area contributed by atoms with Gasteiger partial charge in [0, 0.05) is 30.4 Å². The Morgan fingerprint density at radius 2 is 2.00 bits per heavy atom. The highest BCUT2D eigenvalue weighted by molar-refractivity contribution is 5.88. The lowest BCUT2D eigenvalue weighted by atomic mass is 9.82. The zero-order valence-corrected chi connectivity index (χ0v) is 13.7. The van der Waals surface area contributed by atoms with Gasteiger partial charge in [-0.2, -0.15) is 0 Å². The third-order valence-corrected chi connectivity index (χ3v) is 4.81. The van der Waals surface area contributed by atoms with Gasteiger partial charge in [0.2, 0.25) is 0 Å². The van der Waals surface area contributed by atoms with Gasteiger partial charge in [0.05, 0.1) is 5.70 Å². The fourth-order valence-corrected chi connectivity index (χ4v) is 3.47. The van der Waals surface area contributed by atoms with Gasteiger partial charge >= 0.3 is 0 Å². The molecular formula is C18H33N3. The number of nitrogens with one attached hydrogen (secondary N) is 1. The molecule has 0 radical (unpaired) electrons. The summed E-state index contributed by atoms with van der Waals surface area (Å²) < 4.78 is 0. The Labute approximate surface area is 130 Å². The molecule has 0 bridgehead atoms. The van der Waals surface area contributed by atoms with Gasteiger partial charge in [-0.1, -0.05) is 39.0 Å². The molecule has 1 aliphatic carbocycles. The summed E-state index contributed by atoms with van der Waals surface area (Å²) >= 11 is 0. The van der Waals surface area contributed by atoms with Gasteiger partial charge < -0.3 is 11.1 Å². The maximum Gasteiger partial charge on any atom is 0.0559 e. The first-order valence-corrected chi connectivity index (χ1v) is 9.05. The first-order chi connectivity index (χ1) is 10.3. The summed E-state index contributed by atoms with van der Waals surface area (Å²) in [4.78, 5) is 4.99. The maximum atomic E-state index is 6.11. The van der Waals surface area contributed by atoms with Crippen LogP contribution in [0.25, 0.3) is 0 Å². The van der Waals surface area contributed by atoms with E-state index in [0.717, 1.165) is 32.2 Å². The van der Waals surface area contributed by atoms with Gasteiger partial charge in [0.1, 0.15) is 0 Å². The molecule has 3 N–H and O–H groups in total. The van der Waals surface area contributed by atoms with Crippen molar-refractivity contribution in [2.45, 2.75) is 83.6 Å². The van der Waals surface area contributed by atoms with Gasteiger partial charge in [0.25, 0.3) is 0 Å². The molecule has 120 valence electrons. The molecule has 0 aromatic rings. The standard InChI is InChI=1S/C18H33N3/c1-2-3-4-5-6-7-8-17-14-20-12-11-15-13-16(19)9-10-18(15)21-17/h14-16,20H,2-13,19H2,1H3. The van der Waals surface area contributed by atoms with Crippen LogP contribution < -0.4 is 11.1 Å². The fourth-order valence-electron chi connectivity index (χ4n) is 3.47.